The summed E-state index contributed by atoms with van der Waals surface area (Å²) in [4.78, 5) is 0. The lowest BCUT2D eigenvalue weighted by Gasteiger charge is -2.17. The van der Waals surface area contributed by atoms with Crippen molar-refractivity contribution < 1.29 is 0 Å². The molecule has 0 bridgehead atoms. The van der Waals surface area contributed by atoms with E-state index in [1.165, 1.54) is 35.1 Å². The summed E-state index contributed by atoms with van der Waals surface area (Å²) in [5.41, 5.74) is 8.53. The van der Waals surface area contributed by atoms with Gasteiger partial charge in [-0.2, -0.15) is 0 Å². The van der Waals surface area contributed by atoms with Crippen LogP contribution in [0.25, 0.3) is 11.1 Å². The van der Waals surface area contributed by atoms with Crippen LogP contribution < -0.4 is 5.32 Å². The highest BCUT2D eigenvalue weighted by Gasteiger charge is 2.29. The molecule has 1 aliphatic carbocycles. The first-order valence-corrected chi connectivity index (χ1v) is 8.45. The van der Waals surface area contributed by atoms with E-state index < -0.39 is 0 Å². The molecule has 1 aliphatic rings. The Kier molecular flexibility index (Phi) is 4.38. The SMILES string of the molecule is C=C1c2cccc(C)c2C(=C)C1Nc1ccc(CCCC)cc1. The summed E-state index contributed by atoms with van der Waals surface area (Å²) in [6.45, 7) is 13.0. The average molecular weight is 303 g/mol. The molecule has 0 radical (unpaired) electrons. The highest BCUT2D eigenvalue weighted by molar-refractivity contribution is 5.99. The van der Waals surface area contributed by atoms with Gasteiger partial charge in [0.05, 0.1) is 6.04 Å². The molecule has 23 heavy (non-hydrogen) atoms. The Morgan fingerprint density at radius 1 is 1.00 bits per heavy atom. The number of anilines is 1. The van der Waals surface area contributed by atoms with E-state index in [2.05, 4.69) is 74.8 Å². The van der Waals surface area contributed by atoms with Crippen LogP contribution in [0.2, 0.25) is 0 Å². The average Bonchev–Trinajstić information content (AvgIpc) is 2.80. The Morgan fingerprint density at radius 3 is 2.39 bits per heavy atom. The van der Waals surface area contributed by atoms with Crippen molar-refractivity contribution in [2.24, 2.45) is 0 Å². The second-order valence-corrected chi connectivity index (χ2v) is 6.43. The molecule has 3 rings (SSSR count). The van der Waals surface area contributed by atoms with Gasteiger partial charge in [0.15, 0.2) is 0 Å². The van der Waals surface area contributed by atoms with Crippen molar-refractivity contribution in [1.82, 2.24) is 0 Å². The van der Waals surface area contributed by atoms with Crippen LogP contribution in [0.15, 0.2) is 55.6 Å². The largest absolute Gasteiger partial charge is 0.374 e. The quantitative estimate of drug-likeness (QED) is 0.729. The molecule has 1 unspecified atom stereocenters. The molecule has 1 nitrogen and oxygen atoms in total. The summed E-state index contributed by atoms with van der Waals surface area (Å²) in [5, 5.41) is 3.60. The first-order valence-electron chi connectivity index (χ1n) is 8.45. The molecule has 0 aromatic heterocycles. The highest BCUT2D eigenvalue weighted by Crippen LogP contribution is 2.41. The first kappa shape index (κ1) is 15.6. The van der Waals surface area contributed by atoms with Crippen LogP contribution in [0.4, 0.5) is 5.69 Å². The Morgan fingerprint density at radius 2 is 1.74 bits per heavy atom. The topological polar surface area (TPSA) is 12.0 Å². The van der Waals surface area contributed by atoms with Gasteiger partial charge in [0.25, 0.3) is 0 Å². The minimum atomic E-state index is 0.0904. The third-order valence-corrected chi connectivity index (χ3v) is 4.72. The van der Waals surface area contributed by atoms with Gasteiger partial charge in [0.1, 0.15) is 0 Å². The molecule has 0 aliphatic heterocycles. The zero-order valence-electron chi connectivity index (χ0n) is 14.2. The Hall–Kier alpha value is -2.28. The van der Waals surface area contributed by atoms with Crippen molar-refractivity contribution in [3.63, 3.8) is 0 Å². The maximum Gasteiger partial charge on any atom is 0.0768 e. The van der Waals surface area contributed by atoms with Crippen LogP contribution in [0.1, 0.15) is 42.0 Å². The van der Waals surface area contributed by atoms with E-state index in [0.717, 1.165) is 23.3 Å². The molecule has 118 valence electrons. The van der Waals surface area contributed by atoms with E-state index in [1.54, 1.807) is 0 Å². The van der Waals surface area contributed by atoms with Gasteiger partial charge in [-0.3, -0.25) is 0 Å². The molecule has 0 saturated carbocycles. The molecule has 2 aromatic carbocycles. The van der Waals surface area contributed by atoms with Gasteiger partial charge in [-0.25, -0.2) is 0 Å². The lowest BCUT2D eigenvalue weighted by atomic mass is 10.0. The third-order valence-electron chi connectivity index (χ3n) is 4.72. The van der Waals surface area contributed by atoms with Crippen molar-refractivity contribution in [2.45, 2.75) is 39.2 Å². The van der Waals surface area contributed by atoms with Crippen LogP contribution >= 0.6 is 0 Å². The van der Waals surface area contributed by atoms with E-state index in [1.807, 2.05) is 0 Å². The molecule has 0 heterocycles. The Labute approximate surface area is 139 Å². The number of hydrogen-bond donors (Lipinski definition) is 1. The third kappa shape index (κ3) is 2.96. The fourth-order valence-corrected chi connectivity index (χ4v) is 3.36. The second kappa shape index (κ2) is 6.45. The maximum absolute atomic E-state index is 4.32. The zero-order valence-corrected chi connectivity index (χ0v) is 14.2. The van der Waals surface area contributed by atoms with E-state index in [-0.39, 0.29) is 6.04 Å². The summed E-state index contributed by atoms with van der Waals surface area (Å²) in [5.74, 6) is 0. The van der Waals surface area contributed by atoms with Gasteiger partial charge < -0.3 is 5.32 Å². The fraction of sp³-hybridized carbons (Fsp3) is 0.273. The Bertz CT molecular complexity index is 737. The minimum absolute atomic E-state index is 0.0904. The van der Waals surface area contributed by atoms with Gasteiger partial charge in [-0.1, -0.05) is 56.8 Å². The van der Waals surface area contributed by atoms with E-state index in [4.69, 9.17) is 0 Å². The van der Waals surface area contributed by atoms with Gasteiger partial charge in [-0.05, 0) is 65.3 Å². The number of nitrogens with one attached hydrogen (secondary N) is 1. The second-order valence-electron chi connectivity index (χ2n) is 6.43. The lowest BCUT2D eigenvalue weighted by Crippen LogP contribution is -2.17. The van der Waals surface area contributed by atoms with Crippen LogP contribution in [-0.2, 0) is 6.42 Å². The summed E-state index contributed by atoms with van der Waals surface area (Å²) in [6.07, 6.45) is 3.64. The Balaban J connectivity index is 1.78. The van der Waals surface area contributed by atoms with E-state index in [0.29, 0.717) is 0 Å². The number of aryl methyl sites for hydroxylation is 2. The summed E-state index contributed by atoms with van der Waals surface area (Å²) in [6, 6.07) is 15.2. The van der Waals surface area contributed by atoms with Gasteiger partial charge in [0, 0.05) is 5.69 Å². The summed E-state index contributed by atoms with van der Waals surface area (Å²) in [7, 11) is 0. The van der Waals surface area contributed by atoms with Crippen molar-refractivity contribution in [3.05, 3.63) is 77.9 Å². The number of rotatable bonds is 5. The molecular formula is C22H25N. The molecule has 1 N–H and O–H groups in total. The lowest BCUT2D eigenvalue weighted by molar-refractivity contribution is 0.795. The van der Waals surface area contributed by atoms with Crippen LogP contribution in [-0.4, -0.2) is 6.04 Å². The molecule has 0 saturated heterocycles. The van der Waals surface area contributed by atoms with Crippen LogP contribution in [0.3, 0.4) is 0 Å². The summed E-state index contributed by atoms with van der Waals surface area (Å²) >= 11 is 0. The fourth-order valence-electron chi connectivity index (χ4n) is 3.36. The highest BCUT2D eigenvalue weighted by atomic mass is 14.9. The predicted octanol–water partition coefficient (Wildman–Crippen LogP) is 5.86. The summed E-state index contributed by atoms with van der Waals surface area (Å²) < 4.78 is 0. The van der Waals surface area contributed by atoms with Crippen molar-refractivity contribution in [2.75, 3.05) is 5.32 Å². The van der Waals surface area contributed by atoms with Gasteiger partial charge in [-0.15, -0.1) is 0 Å². The molecule has 0 spiro atoms. The zero-order chi connectivity index (χ0) is 16.4. The van der Waals surface area contributed by atoms with E-state index >= 15 is 0 Å². The number of unbranched alkanes of at least 4 members (excludes halogenated alkanes) is 1. The number of benzene rings is 2. The molecule has 0 amide bonds. The molecule has 1 heteroatoms. The monoisotopic (exact) mass is 303 g/mol. The van der Waals surface area contributed by atoms with Crippen molar-refractivity contribution >= 4 is 16.8 Å². The van der Waals surface area contributed by atoms with Crippen molar-refractivity contribution in [3.8, 4) is 0 Å². The van der Waals surface area contributed by atoms with Crippen LogP contribution in [0, 0.1) is 6.92 Å². The maximum atomic E-state index is 4.32. The van der Waals surface area contributed by atoms with Crippen LogP contribution in [0.5, 0.6) is 0 Å². The molecule has 0 fully saturated rings. The number of fused-ring (bicyclic) bond motifs is 1. The molecular weight excluding hydrogens is 278 g/mol. The van der Waals surface area contributed by atoms with Gasteiger partial charge >= 0.3 is 0 Å². The van der Waals surface area contributed by atoms with E-state index in [9.17, 15) is 0 Å². The molecule has 1 atom stereocenters. The normalized spacial score (nSPS) is 16.5. The van der Waals surface area contributed by atoms with Gasteiger partial charge in [0.2, 0.25) is 0 Å². The van der Waals surface area contributed by atoms with Crippen molar-refractivity contribution in [1.29, 1.82) is 0 Å². The number of hydrogen-bond acceptors (Lipinski definition) is 1. The first-order chi connectivity index (χ1) is 11.1. The minimum Gasteiger partial charge on any atom is -0.374 e. The molecule has 2 aromatic rings. The predicted molar refractivity (Wildman–Crippen MR) is 102 cm³/mol. The smallest absolute Gasteiger partial charge is 0.0768 e. The standard InChI is InChI=1S/C22H25N/c1-5-6-9-18-11-13-19(14-12-18)23-22-16(3)20-10-7-8-15(2)21(20)17(22)4/h7-8,10-14,22-23H,3-6,9H2,1-2H3.